The molecular formula is C8H11I. The number of alkyl halides is 1. The van der Waals surface area contributed by atoms with Gasteiger partial charge in [-0.3, -0.25) is 0 Å². The van der Waals surface area contributed by atoms with Gasteiger partial charge in [-0.15, -0.1) is 0 Å². The number of allylic oxidation sites excluding steroid dienone is 4. The van der Waals surface area contributed by atoms with E-state index in [1.54, 1.807) is 0 Å². The van der Waals surface area contributed by atoms with Crippen LogP contribution in [0.2, 0.25) is 0 Å². The number of rotatable bonds is 1. The van der Waals surface area contributed by atoms with Gasteiger partial charge in [0.2, 0.25) is 0 Å². The van der Waals surface area contributed by atoms with Crippen molar-refractivity contribution in [2.75, 3.05) is 4.43 Å². The van der Waals surface area contributed by atoms with Gasteiger partial charge in [0.25, 0.3) is 0 Å². The first-order valence-corrected chi connectivity index (χ1v) is 4.79. The normalized spacial score (nSPS) is 18.9. The summed E-state index contributed by atoms with van der Waals surface area (Å²) < 4.78 is 1.17. The topological polar surface area (TPSA) is 0 Å². The first-order chi connectivity index (χ1) is 4.34. The fourth-order valence-corrected chi connectivity index (χ4v) is 1.92. The lowest BCUT2D eigenvalue weighted by Crippen LogP contribution is -1.91. The molecule has 0 radical (unpaired) electrons. The Labute approximate surface area is 70.2 Å². The third kappa shape index (κ3) is 1.81. The van der Waals surface area contributed by atoms with Crippen molar-refractivity contribution in [1.82, 2.24) is 0 Å². The molecule has 9 heavy (non-hydrogen) atoms. The van der Waals surface area contributed by atoms with Gasteiger partial charge in [0, 0.05) is 4.43 Å². The summed E-state index contributed by atoms with van der Waals surface area (Å²) in [6.07, 6.45) is 7.16. The van der Waals surface area contributed by atoms with E-state index in [-0.39, 0.29) is 0 Å². The zero-order valence-corrected chi connectivity index (χ0v) is 7.81. The number of halogens is 1. The summed E-state index contributed by atoms with van der Waals surface area (Å²) in [6, 6.07) is 0. The highest BCUT2D eigenvalue weighted by Gasteiger charge is 2.00. The molecule has 0 N–H and O–H groups in total. The summed E-state index contributed by atoms with van der Waals surface area (Å²) in [4.78, 5) is 0. The van der Waals surface area contributed by atoms with Crippen LogP contribution in [0, 0.1) is 0 Å². The zero-order chi connectivity index (χ0) is 6.69. The Bertz CT molecular complexity index is 154. The van der Waals surface area contributed by atoms with Crippen LogP contribution in [0.4, 0.5) is 0 Å². The van der Waals surface area contributed by atoms with E-state index >= 15 is 0 Å². The molecule has 0 saturated heterocycles. The summed E-state index contributed by atoms with van der Waals surface area (Å²) in [5, 5.41) is 0. The smallest absolute Gasteiger partial charge is 0.0246 e. The van der Waals surface area contributed by atoms with Crippen LogP contribution in [0.15, 0.2) is 23.3 Å². The highest BCUT2D eigenvalue weighted by molar-refractivity contribution is 14.1. The van der Waals surface area contributed by atoms with Crippen molar-refractivity contribution in [1.29, 1.82) is 0 Å². The molecular weight excluding hydrogens is 223 g/mol. The largest absolute Gasteiger partial charge is 0.0812 e. The lowest BCUT2D eigenvalue weighted by Gasteiger charge is -2.08. The second-order valence-corrected chi connectivity index (χ2v) is 3.09. The van der Waals surface area contributed by atoms with E-state index < -0.39 is 0 Å². The summed E-state index contributed by atoms with van der Waals surface area (Å²) >= 11 is 2.41. The Morgan fingerprint density at radius 3 is 2.56 bits per heavy atom. The van der Waals surface area contributed by atoms with E-state index in [2.05, 4.69) is 41.7 Å². The van der Waals surface area contributed by atoms with Gasteiger partial charge in [0.05, 0.1) is 0 Å². The number of hydrogen-bond acceptors (Lipinski definition) is 0. The van der Waals surface area contributed by atoms with Gasteiger partial charge in [-0.25, -0.2) is 0 Å². The fraction of sp³-hybridized carbons (Fsp3) is 0.500. The second kappa shape index (κ2) is 3.40. The van der Waals surface area contributed by atoms with Crippen LogP contribution < -0.4 is 0 Å². The quantitative estimate of drug-likeness (QED) is 0.483. The third-order valence-corrected chi connectivity index (χ3v) is 2.48. The van der Waals surface area contributed by atoms with E-state index in [4.69, 9.17) is 0 Å². The Balaban J connectivity index is 2.68. The minimum Gasteiger partial charge on any atom is -0.0812 e. The zero-order valence-electron chi connectivity index (χ0n) is 5.65. The minimum absolute atomic E-state index is 1.17. The molecule has 1 rings (SSSR count). The van der Waals surface area contributed by atoms with Gasteiger partial charge in [-0.1, -0.05) is 40.3 Å². The molecule has 0 atom stereocenters. The van der Waals surface area contributed by atoms with Crippen molar-refractivity contribution < 1.29 is 0 Å². The monoisotopic (exact) mass is 234 g/mol. The van der Waals surface area contributed by atoms with Gasteiger partial charge in [0.15, 0.2) is 0 Å². The molecule has 0 unspecified atom stereocenters. The van der Waals surface area contributed by atoms with Crippen LogP contribution in [0.1, 0.15) is 19.8 Å². The maximum absolute atomic E-state index is 2.41. The molecule has 0 aliphatic heterocycles. The van der Waals surface area contributed by atoms with Gasteiger partial charge in [-0.2, -0.15) is 0 Å². The first-order valence-electron chi connectivity index (χ1n) is 3.26. The lowest BCUT2D eigenvalue weighted by molar-refractivity contribution is 0.994. The van der Waals surface area contributed by atoms with Crippen LogP contribution in [-0.2, 0) is 0 Å². The fourth-order valence-electron chi connectivity index (χ4n) is 1.01. The van der Waals surface area contributed by atoms with Crippen LogP contribution in [0.3, 0.4) is 0 Å². The van der Waals surface area contributed by atoms with E-state index in [0.29, 0.717) is 0 Å². The van der Waals surface area contributed by atoms with Crippen LogP contribution in [-0.4, -0.2) is 4.43 Å². The van der Waals surface area contributed by atoms with Crippen molar-refractivity contribution in [2.24, 2.45) is 0 Å². The first kappa shape index (κ1) is 7.32. The lowest BCUT2D eigenvalue weighted by atomic mass is 10.0. The molecule has 50 valence electrons. The van der Waals surface area contributed by atoms with Crippen LogP contribution in [0.5, 0.6) is 0 Å². The van der Waals surface area contributed by atoms with Crippen molar-refractivity contribution >= 4 is 22.6 Å². The Kier molecular flexibility index (Phi) is 2.76. The summed E-state index contributed by atoms with van der Waals surface area (Å²) in [5.74, 6) is 0. The highest BCUT2D eigenvalue weighted by atomic mass is 127. The second-order valence-electron chi connectivity index (χ2n) is 2.33. The Morgan fingerprint density at radius 1 is 1.44 bits per heavy atom. The van der Waals surface area contributed by atoms with Crippen LogP contribution >= 0.6 is 22.6 Å². The van der Waals surface area contributed by atoms with Crippen LogP contribution in [0.25, 0.3) is 0 Å². The maximum atomic E-state index is 2.41. The van der Waals surface area contributed by atoms with E-state index in [9.17, 15) is 0 Å². The SMILES string of the molecule is CC1=CCCC=C1CI. The average Bonchev–Trinajstić information content (AvgIpc) is 1.89. The minimum atomic E-state index is 1.17. The predicted octanol–water partition coefficient (Wildman–Crippen LogP) is 3.09. The van der Waals surface area contributed by atoms with E-state index in [1.165, 1.54) is 28.4 Å². The molecule has 0 saturated carbocycles. The highest BCUT2D eigenvalue weighted by Crippen LogP contribution is 2.19. The van der Waals surface area contributed by atoms with Crippen molar-refractivity contribution in [3.8, 4) is 0 Å². The summed E-state index contributed by atoms with van der Waals surface area (Å²) in [7, 11) is 0. The molecule has 0 bridgehead atoms. The molecule has 0 nitrogen and oxygen atoms in total. The predicted molar refractivity (Wildman–Crippen MR) is 50.0 cm³/mol. The molecule has 1 aliphatic carbocycles. The van der Waals surface area contributed by atoms with Crippen molar-refractivity contribution in [2.45, 2.75) is 19.8 Å². The maximum Gasteiger partial charge on any atom is 0.0246 e. The molecule has 0 spiro atoms. The molecule has 1 heteroatoms. The van der Waals surface area contributed by atoms with Crippen molar-refractivity contribution in [3.63, 3.8) is 0 Å². The molecule has 0 amide bonds. The average molecular weight is 234 g/mol. The molecule has 0 heterocycles. The Morgan fingerprint density at radius 2 is 2.11 bits per heavy atom. The molecule has 0 aromatic rings. The van der Waals surface area contributed by atoms with E-state index in [0.717, 1.165) is 0 Å². The van der Waals surface area contributed by atoms with Gasteiger partial charge in [-0.05, 0) is 25.3 Å². The number of hydrogen-bond donors (Lipinski definition) is 0. The molecule has 1 aliphatic rings. The molecule has 0 fully saturated rings. The van der Waals surface area contributed by atoms with Gasteiger partial charge in [0.1, 0.15) is 0 Å². The Hall–Kier alpha value is 0.210. The standard InChI is InChI=1S/C8H11I/c1-7-4-2-3-5-8(7)6-9/h4-5H,2-3,6H2,1H3. The summed E-state index contributed by atoms with van der Waals surface area (Å²) in [5.41, 5.74) is 3.01. The van der Waals surface area contributed by atoms with Gasteiger partial charge < -0.3 is 0 Å². The van der Waals surface area contributed by atoms with Crippen molar-refractivity contribution in [3.05, 3.63) is 23.3 Å². The summed E-state index contributed by atoms with van der Waals surface area (Å²) in [6.45, 7) is 2.20. The third-order valence-electron chi connectivity index (χ3n) is 1.66. The molecule has 0 aromatic heterocycles. The van der Waals surface area contributed by atoms with E-state index in [1.807, 2.05) is 0 Å². The molecule has 0 aromatic carbocycles. The van der Waals surface area contributed by atoms with Gasteiger partial charge >= 0.3 is 0 Å².